The molecular weight excluding hydrogens is 230 g/mol. The van der Waals surface area contributed by atoms with Crippen LogP contribution in [0.4, 0.5) is 5.69 Å². The van der Waals surface area contributed by atoms with Gasteiger partial charge in [-0.15, -0.1) is 0 Å². The van der Waals surface area contributed by atoms with Gasteiger partial charge < -0.3 is 10.8 Å². The minimum atomic E-state index is -0.123. The van der Waals surface area contributed by atoms with E-state index in [0.717, 1.165) is 17.7 Å². The van der Waals surface area contributed by atoms with Crippen LogP contribution in [-0.4, -0.2) is 16.7 Å². The van der Waals surface area contributed by atoms with Crippen molar-refractivity contribution >= 4 is 17.3 Å². The topological polar surface area (TPSA) is 87.7 Å². The summed E-state index contributed by atoms with van der Waals surface area (Å²) in [6.45, 7) is 3.90. The summed E-state index contributed by atoms with van der Waals surface area (Å²) in [5.41, 5.74) is 10.0. The van der Waals surface area contributed by atoms with Crippen LogP contribution in [0, 0.1) is 11.8 Å². The highest BCUT2D eigenvalue weighted by Crippen LogP contribution is 2.28. The number of hydrazone groups is 1. The van der Waals surface area contributed by atoms with Gasteiger partial charge in [-0.1, -0.05) is 19.9 Å². The van der Waals surface area contributed by atoms with Gasteiger partial charge in [0.1, 0.15) is 5.75 Å². The Morgan fingerprint density at radius 2 is 2.22 bits per heavy atom. The number of nitrogen functional groups attached to an aromatic ring is 1. The molecule has 0 aliphatic carbocycles. The van der Waals surface area contributed by atoms with Gasteiger partial charge in [-0.05, 0) is 18.6 Å². The van der Waals surface area contributed by atoms with Gasteiger partial charge in [0.05, 0.1) is 11.4 Å². The zero-order valence-corrected chi connectivity index (χ0v) is 10.5. The predicted octanol–water partition coefficient (Wildman–Crippen LogP) is 1.47. The summed E-state index contributed by atoms with van der Waals surface area (Å²) >= 11 is 0. The highest BCUT2D eigenvalue weighted by Gasteiger charge is 2.31. The van der Waals surface area contributed by atoms with Crippen LogP contribution in [0.25, 0.3) is 0 Å². The molecule has 0 fully saturated rings. The first kappa shape index (κ1) is 12.4. The van der Waals surface area contributed by atoms with Crippen LogP contribution in [-0.2, 0) is 4.79 Å². The second-order valence-corrected chi connectivity index (χ2v) is 4.55. The van der Waals surface area contributed by atoms with Crippen LogP contribution in [0.5, 0.6) is 5.75 Å². The molecule has 2 rings (SSSR count). The average molecular weight is 247 g/mol. The molecule has 0 unspecified atom stereocenters. The van der Waals surface area contributed by atoms with Crippen molar-refractivity contribution in [1.29, 1.82) is 0 Å². The van der Waals surface area contributed by atoms with Crippen LogP contribution in [0.3, 0.4) is 0 Å². The lowest BCUT2D eigenvalue weighted by Crippen LogP contribution is -2.40. The van der Waals surface area contributed by atoms with Crippen molar-refractivity contribution in [2.45, 2.75) is 20.3 Å². The first-order chi connectivity index (χ1) is 8.54. The number of carbonyl (C=O) groups excluding carboxylic acids is 1. The van der Waals surface area contributed by atoms with Gasteiger partial charge in [0.2, 0.25) is 5.91 Å². The molecule has 1 aliphatic rings. The van der Waals surface area contributed by atoms with Gasteiger partial charge in [-0.2, -0.15) is 5.10 Å². The van der Waals surface area contributed by atoms with E-state index < -0.39 is 0 Å². The van der Waals surface area contributed by atoms with Gasteiger partial charge in [0.25, 0.3) is 0 Å². The molecule has 1 aromatic rings. The van der Waals surface area contributed by atoms with E-state index in [1.165, 1.54) is 0 Å². The molecule has 18 heavy (non-hydrogen) atoms. The molecule has 0 aromatic heterocycles. The van der Waals surface area contributed by atoms with Gasteiger partial charge >= 0.3 is 0 Å². The fourth-order valence-corrected chi connectivity index (χ4v) is 2.25. The van der Waals surface area contributed by atoms with E-state index in [-0.39, 0.29) is 23.5 Å². The summed E-state index contributed by atoms with van der Waals surface area (Å²) in [5.74, 6) is -0.0937. The van der Waals surface area contributed by atoms with Crippen LogP contribution >= 0.6 is 0 Å². The van der Waals surface area contributed by atoms with Gasteiger partial charge in [-0.25, -0.2) is 5.43 Å². The minimum Gasteiger partial charge on any atom is -0.506 e. The van der Waals surface area contributed by atoms with Crippen LogP contribution in [0.2, 0.25) is 0 Å². The molecule has 1 aliphatic heterocycles. The van der Waals surface area contributed by atoms with E-state index in [0.29, 0.717) is 5.69 Å². The number of amides is 1. The van der Waals surface area contributed by atoms with E-state index in [1.807, 2.05) is 13.8 Å². The number of nitrogens with zero attached hydrogens (tertiary/aromatic N) is 1. The van der Waals surface area contributed by atoms with Gasteiger partial charge in [-0.3, -0.25) is 4.79 Å². The number of carbonyl (C=O) groups is 1. The second kappa shape index (κ2) is 4.68. The molecule has 96 valence electrons. The number of nitrogens with two attached hydrogens (primary N) is 1. The number of hydrogen-bond donors (Lipinski definition) is 3. The van der Waals surface area contributed by atoms with E-state index in [9.17, 15) is 9.90 Å². The molecule has 5 nitrogen and oxygen atoms in total. The van der Waals surface area contributed by atoms with Crippen molar-refractivity contribution in [1.82, 2.24) is 5.43 Å². The zero-order chi connectivity index (χ0) is 13.3. The Morgan fingerprint density at radius 1 is 1.50 bits per heavy atom. The molecule has 0 radical (unpaired) electrons. The maximum absolute atomic E-state index is 11.6. The zero-order valence-electron chi connectivity index (χ0n) is 10.5. The highest BCUT2D eigenvalue weighted by atomic mass is 16.3. The van der Waals surface area contributed by atoms with Crippen molar-refractivity contribution in [2.75, 3.05) is 5.73 Å². The standard InChI is InChI=1S/C13H17N3O2/c1-3-9-7(2)13(18)16-15-12(9)8-4-5-10(14)11(17)6-8/h4-7,9,17H,3,14H2,1-2H3,(H,16,18)/t7-,9+/m0/s1. The Hall–Kier alpha value is -2.04. The van der Waals surface area contributed by atoms with E-state index in [2.05, 4.69) is 10.5 Å². The van der Waals surface area contributed by atoms with Crippen LogP contribution < -0.4 is 11.2 Å². The lowest BCUT2D eigenvalue weighted by Gasteiger charge is -2.27. The molecule has 1 amide bonds. The summed E-state index contributed by atoms with van der Waals surface area (Å²) < 4.78 is 0. The Kier molecular flexibility index (Phi) is 3.23. The summed E-state index contributed by atoms with van der Waals surface area (Å²) in [4.78, 5) is 11.6. The van der Waals surface area contributed by atoms with Crippen molar-refractivity contribution in [3.05, 3.63) is 23.8 Å². The summed E-state index contributed by atoms with van der Waals surface area (Å²) in [7, 11) is 0. The largest absolute Gasteiger partial charge is 0.506 e. The number of rotatable bonds is 2. The Morgan fingerprint density at radius 3 is 2.83 bits per heavy atom. The average Bonchev–Trinajstić information content (AvgIpc) is 2.36. The molecule has 0 saturated heterocycles. The van der Waals surface area contributed by atoms with E-state index in [4.69, 9.17) is 5.73 Å². The number of phenolic OH excluding ortho intramolecular Hbond substituents is 1. The first-order valence-corrected chi connectivity index (χ1v) is 6.01. The van der Waals surface area contributed by atoms with E-state index >= 15 is 0 Å². The molecule has 0 spiro atoms. The molecule has 4 N–H and O–H groups in total. The van der Waals surface area contributed by atoms with Crippen LogP contribution in [0.15, 0.2) is 23.3 Å². The monoisotopic (exact) mass is 247 g/mol. The molecule has 2 atom stereocenters. The van der Waals surface area contributed by atoms with Crippen molar-refractivity contribution in [2.24, 2.45) is 16.9 Å². The maximum Gasteiger partial charge on any atom is 0.243 e. The number of nitrogens with one attached hydrogen (secondary N) is 1. The third-order valence-electron chi connectivity index (χ3n) is 3.42. The van der Waals surface area contributed by atoms with Crippen molar-refractivity contribution in [3.8, 4) is 5.75 Å². The predicted molar refractivity (Wildman–Crippen MR) is 70.1 cm³/mol. The third-order valence-corrected chi connectivity index (χ3v) is 3.42. The fraction of sp³-hybridized carbons (Fsp3) is 0.385. The summed E-state index contributed by atoms with van der Waals surface area (Å²) in [6.07, 6.45) is 0.818. The number of hydrogen-bond acceptors (Lipinski definition) is 4. The molecule has 5 heteroatoms. The Balaban J connectivity index is 2.42. The number of phenols is 1. The van der Waals surface area contributed by atoms with E-state index in [1.54, 1.807) is 18.2 Å². The summed E-state index contributed by atoms with van der Waals surface area (Å²) in [5, 5.41) is 13.8. The molecule has 1 heterocycles. The van der Waals surface area contributed by atoms with Gasteiger partial charge in [0.15, 0.2) is 0 Å². The normalized spacial score (nSPS) is 23.4. The lowest BCUT2D eigenvalue weighted by molar-refractivity contribution is -0.125. The van der Waals surface area contributed by atoms with Crippen molar-refractivity contribution < 1.29 is 9.90 Å². The fourth-order valence-electron chi connectivity index (χ4n) is 2.25. The number of anilines is 1. The van der Waals surface area contributed by atoms with Gasteiger partial charge in [0, 0.05) is 17.4 Å². The Bertz CT molecular complexity index is 511. The molecule has 0 saturated carbocycles. The maximum atomic E-state index is 11.6. The van der Waals surface area contributed by atoms with Crippen molar-refractivity contribution in [3.63, 3.8) is 0 Å². The molecule has 1 aromatic carbocycles. The summed E-state index contributed by atoms with van der Waals surface area (Å²) in [6, 6.07) is 5.03. The quantitative estimate of drug-likeness (QED) is 0.546. The highest BCUT2D eigenvalue weighted by molar-refractivity contribution is 6.07. The Labute approximate surface area is 106 Å². The van der Waals surface area contributed by atoms with Crippen LogP contribution in [0.1, 0.15) is 25.8 Å². The molecule has 0 bridgehead atoms. The number of aromatic hydroxyl groups is 1. The first-order valence-electron chi connectivity index (χ1n) is 6.01. The third kappa shape index (κ3) is 2.03. The SMILES string of the molecule is CC[C@H]1C(c2ccc(N)c(O)c2)=NNC(=O)[C@H]1C. The number of benzene rings is 1. The second-order valence-electron chi connectivity index (χ2n) is 4.55. The molecular formula is C13H17N3O2. The minimum absolute atomic E-state index is 0.0367. The smallest absolute Gasteiger partial charge is 0.243 e. The lowest BCUT2D eigenvalue weighted by atomic mass is 9.82.